The van der Waals surface area contributed by atoms with E-state index in [0.29, 0.717) is 30.8 Å². The second-order valence-electron chi connectivity index (χ2n) is 6.77. The lowest BCUT2D eigenvalue weighted by molar-refractivity contribution is 0.0830. The molecule has 4 rings (SSSR count). The van der Waals surface area contributed by atoms with E-state index in [2.05, 4.69) is 0 Å². The van der Waals surface area contributed by atoms with Gasteiger partial charge in [-0.25, -0.2) is 9.18 Å². The minimum Gasteiger partial charge on any atom is -0.453 e. The van der Waals surface area contributed by atoms with E-state index in [4.69, 9.17) is 4.74 Å². The molecule has 0 spiro atoms. The molecule has 0 unspecified atom stereocenters. The van der Waals surface area contributed by atoms with Gasteiger partial charge in [0.05, 0.1) is 7.11 Å². The lowest BCUT2D eigenvalue weighted by Gasteiger charge is -2.42. The monoisotopic (exact) mass is 342 g/mol. The van der Waals surface area contributed by atoms with E-state index in [0.717, 1.165) is 12.1 Å². The van der Waals surface area contributed by atoms with Gasteiger partial charge in [0.25, 0.3) is 5.56 Å². The molecule has 25 heavy (non-hydrogen) atoms. The van der Waals surface area contributed by atoms with Gasteiger partial charge in [-0.3, -0.25) is 4.79 Å². The SMILES string of the molecule is COC(=O)N1C[C@H]2C[C@H](C1)c1ccc(-c3ccc(F)cc3)c(=O)n1C2. The number of methoxy groups -OCH3 is 1. The highest BCUT2D eigenvalue weighted by atomic mass is 19.1. The normalized spacial score (nSPS) is 21.6. The van der Waals surface area contributed by atoms with Crippen molar-refractivity contribution in [3.8, 4) is 11.1 Å². The smallest absolute Gasteiger partial charge is 0.409 e. The number of piperidine rings is 1. The molecule has 5 nitrogen and oxygen atoms in total. The minimum absolute atomic E-state index is 0.0506. The Bertz CT molecular complexity index is 875. The van der Waals surface area contributed by atoms with E-state index in [9.17, 15) is 14.0 Å². The van der Waals surface area contributed by atoms with Gasteiger partial charge in [-0.05, 0) is 42.2 Å². The summed E-state index contributed by atoms with van der Waals surface area (Å²) in [5.41, 5.74) is 2.20. The Morgan fingerprint density at radius 3 is 2.60 bits per heavy atom. The van der Waals surface area contributed by atoms with Crippen LogP contribution in [0.2, 0.25) is 0 Å². The number of nitrogens with zero attached hydrogens (tertiary/aromatic N) is 2. The number of carbonyl (C=O) groups is 1. The summed E-state index contributed by atoms with van der Waals surface area (Å²) >= 11 is 0. The van der Waals surface area contributed by atoms with Crippen LogP contribution in [0, 0.1) is 11.7 Å². The van der Waals surface area contributed by atoms with E-state index >= 15 is 0 Å². The van der Waals surface area contributed by atoms with Crippen molar-refractivity contribution in [3.63, 3.8) is 0 Å². The van der Waals surface area contributed by atoms with Gasteiger partial charge >= 0.3 is 6.09 Å². The molecule has 0 N–H and O–H groups in total. The summed E-state index contributed by atoms with van der Waals surface area (Å²) in [7, 11) is 1.39. The van der Waals surface area contributed by atoms with Gasteiger partial charge in [-0.1, -0.05) is 12.1 Å². The Balaban J connectivity index is 1.72. The van der Waals surface area contributed by atoms with Crippen LogP contribution in [0.25, 0.3) is 11.1 Å². The van der Waals surface area contributed by atoms with Gasteiger partial charge in [0.1, 0.15) is 5.82 Å². The molecule has 0 radical (unpaired) electrons. The van der Waals surface area contributed by atoms with E-state index in [1.165, 1.54) is 19.2 Å². The summed E-state index contributed by atoms with van der Waals surface area (Å²) < 4.78 is 19.8. The number of aromatic nitrogens is 1. The standard InChI is InChI=1S/C19H19FN2O3/c1-25-19(24)21-9-12-8-14(11-21)17-7-6-16(18(23)22(17)10-12)13-2-4-15(20)5-3-13/h2-7,12,14H,8-11H2,1H3/t12-,14-/m1/s1. The number of hydrogen-bond acceptors (Lipinski definition) is 3. The van der Waals surface area contributed by atoms with Gasteiger partial charge in [-0.2, -0.15) is 0 Å². The number of pyridine rings is 1. The fourth-order valence-corrected chi connectivity index (χ4v) is 4.07. The summed E-state index contributed by atoms with van der Waals surface area (Å²) in [5.74, 6) is 0.0623. The first-order chi connectivity index (χ1) is 12.1. The van der Waals surface area contributed by atoms with Crippen LogP contribution in [-0.4, -0.2) is 35.8 Å². The fraction of sp³-hybridized carbons (Fsp3) is 0.368. The van der Waals surface area contributed by atoms with Crippen LogP contribution >= 0.6 is 0 Å². The van der Waals surface area contributed by atoms with Gasteiger partial charge in [-0.15, -0.1) is 0 Å². The highest BCUT2D eigenvalue weighted by Gasteiger charge is 2.37. The topological polar surface area (TPSA) is 51.5 Å². The van der Waals surface area contributed by atoms with E-state index in [1.807, 2.05) is 10.6 Å². The zero-order valence-electron chi connectivity index (χ0n) is 13.9. The Labute approximate surface area is 144 Å². The van der Waals surface area contributed by atoms with Gasteiger partial charge in [0, 0.05) is 36.8 Å². The number of amides is 1. The molecule has 2 aliphatic rings. The summed E-state index contributed by atoms with van der Waals surface area (Å²) in [5, 5.41) is 0. The van der Waals surface area contributed by atoms with Crippen LogP contribution in [0.3, 0.4) is 0 Å². The van der Waals surface area contributed by atoms with Gasteiger partial charge < -0.3 is 14.2 Å². The molecule has 1 aromatic heterocycles. The van der Waals surface area contributed by atoms with Crippen molar-refractivity contribution >= 4 is 6.09 Å². The molecular weight excluding hydrogens is 323 g/mol. The van der Waals surface area contributed by atoms with Crippen molar-refractivity contribution in [2.45, 2.75) is 18.9 Å². The third kappa shape index (κ3) is 2.71. The van der Waals surface area contributed by atoms with Crippen LogP contribution < -0.4 is 5.56 Å². The van der Waals surface area contributed by atoms with Crippen LogP contribution in [0.5, 0.6) is 0 Å². The highest BCUT2D eigenvalue weighted by molar-refractivity contribution is 5.68. The summed E-state index contributed by atoms with van der Waals surface area (Å²) in [6, 6.07) is 9.74. The quantitative estimate of drug-likeness (QED) is 0.801. The van der Waals surface area contributed by atoms with Crippen LogP contribution in [0.15, 0.2) is 41.2 Å². The first-order valence-corrected chi connectivity index (χ1v) is 8.39. The zero-order valence-corrected chi connectivity index (χ0v) is 13.9. The van der Waals surface area contributed by atoms with E-state index in [1.54, 1.807) is 23.1 Å². The number of halogens is 1. The molecular formula is C19H19FN2O3. The summed E-state index contributed by atoms with van der Waals surface area (Å²) in [4.78, 5) is 26.5. The first-order valence-electron chi connectivity index (χ1n) is 8.39. The van der Waals surface area contributed by atoms with Crippen molar-refractivity contribution in [3.05, 3.63) is 58.3 Å². The average molecular weight is 342 g/mol. The van der Waals surface area contributed by atoms with E-state index < -0.39 is 0 Å². The molecule has 0 aliphatic carbocycles. The third-order valence-electron chi connectivity index (χ3n) is 5.19. The van der Waals surface area contributed by atoms with Gasteiger partial charge in [0.15, 0.2) is 0 Å². The third-order valence-corrected chi connectivity index (χ3v) is 5.19. The minimum atomic E-state index is -0.320. The van der Waals surface area contributed by atoms with Crippen LogP contribution in [0.1, 0.15) is 18.0 Å². The molecule has 1 aromatic carbocycles. The second kappa shape index (κ2) is 6.02. The Morgan fingerprint density at radius 2 is 1.88 bits per heavy atom. The van der Waals surface area contributed by atoms with Crippen molar-refractivity contribution < 1.29 is 13.9 Å². The molecule has 2 atom stereocenters. The molecule has 2 bridgehead atoms. The van der Waals surface area contributed by atoms with E-state index in [-0.39, 0.29) is 29.3 Å². The maximum atomic E-state index is 13.1. The van der Waals surface area contributed by atoms with Crippen LogP contribution in [-0.2, 0) is 11.3 Å². The average Bonchev–Trinajstić information content (AvgIpc) is 2.63. The van der Waals surface area contributed by atoms with Crippen molar-refractivity contribution in [2.24, 2.45) is 5.92 Å². The number of likely N-dealkylation sites (tertiary alicyclic amines) is 1. The maximum Gasteiger partial charge on any atom is 0.409 e. The zero-order chi connectivity index (χ0) is 17.6. The number of carbonyl (C=O) groups excluding carboxylic acids is 1. The van der Waals surface area contributed by atoms with Crippen molar-refractivity contribution in [1.82, 2.24) is 9.47 Å². The first kappa shape index (κ1) is 15.9. The largest absolute Gasteiger partial charge is 0.453 e. The maximum absolute atomic E-state index is 13.1. The van der Waals surface area contributed by atoms with Gasteiger partial charge in [0.2, 0.25) is 0 Å². The predicted octanol–water partition coefficient (Wildman–Crippen LogP) is 2.84. The molecule has 6 heteroatoms. The van der Waals surface area contributed by atoms with Crippen molar-refractivity contribution in [1.29, 1.82) is 0 Å². The van der Waals surface area contributed by atoms with Crippen molar-refractivity contribution in [2.75, 3.05) is 20.2 Å². The molecule has 130 valence electrons. The summed E-state index contributed by atoms with van der Waals surface area (Å²) in [6.07, 6.45) is 0.663. The second-order valence-corrected chi connectivity index (χ2v) is 6.77. The van der Waals surface area contributed by atoms with Crippen LogP contribution in [0.4, 0.5) is 9.18 Å². The molecule has 1 amide bonds. The summed E-state index contributed by atoms with van der Waals surface area (Å²) in [6.45, 7) is 1.77. The number of benzene rings is 1. The molecule has 2 aliphatic heterocycles. The molecule has 2 aromatic rings. The Hall–Kier alpha value is -2.63. The number of ether oxygens (including phenoxy) is 1. The molecule has 1 fully saturated rings. The fourth-order valence-electron chi connectivity index (χ4n) is 4.07. The molecule has 1 saturated heterocycles. The predicted molar refractivity (Wildman–Crippen MR) is 90.9 cm³/mol. The highest BCUT2D eigenvalue weighted by Crippen LogP contribution is 2.35. The molecule has 3 heterocycles. The number of fused-ring (bicyclic) bond motifs is 4. The molecule has 0 saturated carbocycles. The Kier molecular flexibility index (Phi) is 3.82. The lowest BCUT2D eigenvalue weighted by Crippen LogP contribution is -2.49. The number of hydrogen-bond donors (Lipinski definition) is 0. The lowest BCUT2D eigenvalue weighted by atomic mass is 9.83. The number of rotatable bonds is 1. The Morgan fingerprint density at radius 1 is 1.12 bits per heavy atom.